The first-order valence-electron chi connectivity index (χ1n) is 11.4. The summed E-state index contributed by atoms with van der Waals surface area (Å²) >= 11 is 0. The number of likely N-dealkylation sites (tertiary alicyclic amines) is 1. The lowest BCUT2D eigenvalue weighted by Gasteiger charge is -2.29. The van der Waals surface area contributed by atoms with Crippen LogP contribution < -0.4 is 0 Å². The Balaban J connectivity index is 1.40. The summed E-state index contributed by atoms with van der Waals surface area (Å²) in [6.07, 6.45) is 5.19. The lowest BCUT2D eigenvalue weighted by molar-refractivity contribution is -0.133. The zero-order valence-corrected chi connectivity index (χ0v) is 18.4. The molecule has 4 heteroatoms. The largest absolute Gasteiger partial charge is 0.384 e. The van der Waals surface area contributed by atoms with Gasteiger partial charge in [-0.2, -0.15) is 0 Å². The zero-order chi connectivity index (χ0) is 20.9. The third-order valence-corrected chi connectivity index (χ3v) is 6.76. The van der Waals surface area contributed by atoms with Gasteiger partial charge in [-0.05, 0) is 73.0 Å². The van der Waals surface area contributed by atoms with Crippen LogP contribution in [0, 0.1) is 0 Å². The van der Waals surface area contributed by atoms with Gasteiger partial charge in [0.15, 0.2) is 0 Å². The Morgan fingerprint density at radius 2 is 1.87 bits per heavy atom. The molecule has 2 aromatic rings. The fraction of sp³-hybridized carbons (Fsp3) is 0.500. The van der Waals surface area contributed by atoms with Gasteiger partial charge in [0.05, 0.1) is 13.0 Å². The van der Waals surface area contributed by atoms with Crippen LogP contribution in [0.2, 0.25) is 0 Å². The van der Waals surface area contributed by atoms with Crippen LogP contribution in [0.15, 0.2) is 42.5 Å². The van der Waals surface area contributed by atoms with Crippen LogP contribution in [0.3, 0.4) is 0 Å². The lowest BCUT2D eigenvalue weighted by Crippen LogP contribution is -2.36. The average Bonchev–Trinajstić information content (AvgIpc) is 3.20. The van der Waals surface area contributed by atoms with Crippen molar-refractivity contribution in [2.75, 3.05) is 33.4 Å². The van der Waals surface area contributed by atoms with Crippen molar-refractivity contribution in [1.82, 2.24) is 9.80 Å². The molecule has 2 aliphatic rings. The van der Waals surface area contributed by atoms with Crippen molar-refractivity contribution >= 4 is 5.91 Å². The predicted molar refractivity (Wildman–Crippen MR) is 121 cm³/mol. The lowest BCUT2D eigenvalue weighted by atomic mass is 9.94. The highest BCUT2D eigenvalue weighted by Gasteiger charge is 2.21. The van der Waals surface area contributed by atoms with Gasteiger partial charge in [0.2, 0.25) is 5.91 Å². The van der Waals surface area contributed by atoms with Gasteiger partial charge in [-0.15, -0.1) is 0 Å². The molecule has 0 unspecified atom stereocenters. The predicted octanol–water partition coefficient (Wildman–Crippen LogP) is 4.30. The van der Waals surface area contributed by atoms with Crippen LogP contribution in [0.4, 0.5) is 0 Å². The molecule has 160 valence electrons. The number of ether oxygens (including phenoxy) is 1. The molecule has 0 aromatic heterocycles. The molecule has 1 amide bonds. The molecule has 30 heavy (non-hydrogen) atoms. The van der Waals surface area contributed by atoms with E-state index in [1.54, 1.807) is 7.11 Å². The van der Waals surface area contributed by atoms with E-state index in [0.717, 1.165) is 32.0 Å². The molecular formula is C26H34N2O2. The summed E-state index contributed by atoms with van der Waals surface area (Å²) in [5, 5.41) is 0. The van der Waals surface area contributed by atoms with Crippen molar-refractivity contribution in [3.8, 4) is 11.1 Å². The monoisotopic (exact) mass is 406 g/mol. The number of rotatable bonds is 7. The maximum atomic E-state index is 12.4. The third kappa shape index (κ3) is 4.93. The number of carbonyl (C=O) groups excluding carboxylic acids is 1. The highest BCUT2D eigenvalue weighted by Crippen LogP contribution is 2.27. The molecule has 2 aromatic carbocycles. The second kappa shape index (κ2) is 9.76. The SMILES string of the molecule is COCCC(=O)N1CCc2ccc(-c3ccc(CCN4CCC[C@H]4C)cc3)cc2C1. The topological polar surface area (TPSA) is 32.8 Å². The number of methoxy groups -OCH3 is 1. The molecule has 4 nitrogen and oxygen atoms in total. The molecule has 0 spiro atoms. The fourth-order valence-corrected chi connectivity index (χ4v) is 4.76. The molecule has 0 radical (unpaired) electrons. The minimum atomic E-state index is 0.185. The molecule has 2 heterocycles. The normalized spacial score (nSPS) is 19.1. The molecule has 4 rings (SSSR count). The summed E-state index contributed by atoms with van der Waals surface area (Å²) < 4.78 is 5.06. The summed E-state index contributed by atoms with van der Waals surface area (Å²) in [5.74, 6) is 0.185. The van der Waals surface area contributed by atoms with Crippen LogP contribution in [-0.2, 0) is 28.9 Å². The molecule has 0 aliphatic carbocycles. The van der Waals surface area contributed by atoms with Crippen LogP contribution >= 0.6 is 0 Å². The quantitative estimate of drug-likeness (QED) is 0.687. The molecule has 1 fully saturated rings. The number of amides is 1. The highest BCUT2D eigenvalue weighted by atomic mass is 16.5. The van der Waals surface area contributed by atoms with E-state index in [4.69, 9.17) is 4.74 Å². The minimum Gasteiger partial charge on any atom is -0.384 e. The van der Waals surface area contributed by atoms with Crippen LogP contribution in [0.25, 0.3) is 11.1 Å². The summed E-state index contributed by atoms with van der Waals surface area (Å²) in [6, 6.07) is 16.5. The summed E-state index contributed by atoms with van der Waals surface area (Å²) in [4.78, 5) is 17.0. The molecule has 1 atom stereocenters. The Labute approximate surface area is 180 Å². The van der Waals surface area contributed by atoms with E-state index in [1.165, 1.54) is 47.2 Å². The number of nitrogens with zero attached hydrogens (tertiary/aromatic N) is 2. The second-order valence-corrected chi connectivity index (χ2v) is 8.77. The van der Waals surface area contributed by atoms with Gasteiger partial charge < -0.3 is 14.5 Å². The number of hydrogen-bond acceptors (Lipinski definition) is 3. The molecule has 2 aliphatic heterocycles. The van der Waals surface area contributed by atoms with E-state index in [1.807, 2.05) is 4.90 Å². The molecule has 0 saturated carbocycles. The Bertz CT molecular complexity index is 862. The van der Waals surface area contributed by atoms with Gasteiger partial charge in [0.1, 0.15) is 0 Å². The van der Waals surface area contributed by atoms with E-state index < -0.39 is 0 Å². The van der Waals surface area contributed by atoms with Crippen LogP contribution in [0.1, 0.15) is 42.9 Å². The van der Waals surface area contributed by atoms with E-state index in [2.05, 4.69) is 54.3 Å². The van der Waals surface area contributed by atoms with Crippen molar-refractivity contribution in [3.05, 3.63) is 59.2 Å². The van der Waals surface area contributed by atoms with Crippen molar-refractivity contribution in [2.24, 2.45) is 0 Å². The molecule has 0 N–H and O–H groups in total. The minimum absolute atomic E-state index is 0.185. The first-order chi connectivity index (χ1) is 14.6. The summed E-state index contributed by atoms with van der Waals surface area (Å²) in [7, 11) is 1.64. The van der Waals surface area contributed by atoms with Gasteiger partial charge in [-0.3, -0.25) is 4.79 Å². The van der Waals surface area contributed by atoms with Gasteiger partial charge >= 0.3 is 0 Å². The first kappa shape index (κ1) is 21.1. The zero-order valence-electron chi connectivity index (χ0n) is 18.4. The Hall–Kier alpha value is -2.17. The number of fused-ring (bicyclic) bond motifs is 1. The fourth-order valence-electron chi connectivity index (χ4n) is 4.76. The van der Waals surface area contributed by atoms with Crippen molar-refractivity contribution in [1.29, 1.82) is 0 Å². The maximum absolute atomic E-state index is 12.4. The van der Waals surface area contributed by atoms with Crippen molar-refractivity contribution in [2.45, 2.75) is 51.6 Å². The van der Waals surface area contributed by atoms with Crippen molar-refractivity contribution < 1.29 is 9.53 Å². The Morgan fingerprint density at radius 3 is 2.60 bits per heavy atom. The van der Waals surface area contributed by atoms with E-state index >= 15 is 0 Å². The standard InChI is InChI=1S/C26H34N2O2/c1-20-4-3-14-27(20)15-11-21-5-7-22(8-6-21)24-10-9-23-12-16-28(19-25(23)18-24)26(29)13-17-30-2/h5-10,18,20H,3-4,11-17,19H2,1-2H3/t20-/m1/s1. The van der Waals surface area contributed by atoms with E-state index in [9.17, 15) is 4.79 Å². The van der Waals surface area contributed by atoms with Crippen molar-refractivity contribution in [3.63, 3.8) is 0 Å². The molecule has 1 saturated heterocycles. The summed E-state index contributed by atoms with van der Waals surface area (Å²) in [6.45, 7) is 6.76. The number of carbonyl (C=O) groups is 1. The van der Waals surface area contributed by atoms with E-state index in [-0.39, 0.29) is 5.91 Å². The van der Waals surface area contributed by atoms with Gasteiger partial charge in [-0.25, -0.2) is 0 Å². The van der Waals surface area contributed by atoms with Crippen LogP contribution in [-0.4, -0.2) is 55.1 Å². The van der Waals surface area contributed by atoms with Gasteiger partial charge in [0, 0.05) is 32.8 Å². The Morgan fingerprint density at radius 1 is 1.07 bits per heavy atom. The number of benzene rings is 2. The third-order valence-electron chi connectivity index (χ3n) is 6.76. The average molecular weight is 407 g/mol. The first-order valence-corrected chi connectivity index (χ1v) is 11.4. The van der Waals surface area contributed by atoms with Gasteiger partial charge in [-0.1, -0.05) is 36.4 Å². The maximum Gasteiger partial charge on any atom is 0.225 e. The smallest absolute Gasteiger partial charge is 0.225 e. The van der Waals surface area contributed by atoms with E-state index in [0.29, 0.717) is 19.6 Å². The summed E-state index contributed by atoms with van der Waals surface area (Å²) in [5.41, 5.74) is 6.53. The van der Waals surface area contributed by atoms with Gasteiger partial charge in [0.25, 0.3) is 0 Å². The molecular weight excluding hydrogens is 372 g/mol. The Kier molecular flexibility index (Phi) is 6.86. The molecule has 0 bridgehead atoms. The van der Waals surface area contributed by atoms with Crippen LogP contribution in [0.5, 0.6) is 0 Å². The highest BCUT2D eigenvalue weighted by molar-refractivity contribution is 5.77. The second-order valence-electron chi connectivity index (χ2n) is 8.77. The number of hydrogen-bond donors (Lipinski definition) is 0.